The maximum atomic E-state index is 13.5. The molecule has 0 saturated carbocycles. The number of amides is 1. The average molecular weight is 1080 g/mol. The summed E-state index contributed by atoms with van der Waals surface area (Å²) in [6, 6.07) is -0.904. The van der Waals surface area contributed by atoms with Crippen LogP contribution in [0.4, 0.5) is 0 Å². The van der Waals surface area contributed by atoms with Crippen molar-refractivity contribution in [3.8, 4) is 0 Å². The zero-order chi connectivity index (χ0) is 55.7. The molecule has 1 amide bonds. The smallest absolute Gasteiger partial charge is 0.306 e. The molecule has 0 rings (SSSR count). The quantitative estimate of drug-likeness (QED) is 0.0212. The monoisotopic (exact) mass is 1080 g/mol. The summed E-state index contributed by atoms with van der Waals surface area (Å²) in [5, 5.41) is 3.02. The number of carbonyl (C=O) groups is 2. The topological polar surface area (TPSA) is 114 Å². The summed E-state index contributed by atoms with van der Waals surface area (Å²) in [7, 11) is 1.16. The number of nitrogens with zero attached hydrogens (tertiary/aromatic N) is 1. The third kappa shape index (κ3) is 55.9. The summed E-state index contributed by atoms with van der Waals surface area (Å²) in [5.41, 5.74) is 0. The summed E-state index contributed by atoms with van der Waals surface area (Å²) in [5.74, 6) is -0.567. The van der Waals surface area contributed by atoms with Crippen LogP contribution in [0.3, 0.4) is 0 Å². The molecular weight excluding hydrogens is 964 g/mol. The molecule has 0 aliphatic rings. The van der Waals surface area contributed by atoms with Crippen LogP contribution in [0.25, 0.3) is 0 Å². The molecule has 0 radical (unpaired) electrons. The summed E-state index contributed by atoms with van der Waals surface area (Å²) in [6.07, 6.45) is 72.6. The van der Waals surface area contributed by atoms with Gasteiger partial charge in [0.15, 0.2) is 0 Å². The molecule has 0 aromatic heterocycles. The Kier molecular flexibility index (Phi) is 53.5. The van der Waals surface area contributed by atoms with Crippen LogP contribution >= 0.6 is 7.82 Å². The second-order valence-electron chi connectivity index (χ2n) is 22.2. The molecule has 0 spiro atoms. The Morgan fingerprint density at radius 2 is 0.842 bits per heavy atom. The first kappa shape index (κ1) is 73.2. The molecule has 0 aliphatic carbocycles. The minimum absolute atomic E-state index is 0.0299. The number of unbranched alkanes of at least 4 members (excludes halogenated alkanes) is 28. The number of ether oxygens (including phenoxy) is 1. The van der Waals surface area contributed by atoms with Crippen molar-refractivity contribution in [3.63, 3.8) is 0 Å². The summed E-state index contributed by atoms with van der Waals surface area (Å²) < 4.78 is 30.3. The number of phosphoric ester groups is 1. The molecule has 3 atom stereocenters. The number of rotatable bonds is 56. The van der Waals surface area contributed by atoms with Gasteiger partial charge in [-0.05, 0) is 83.1 Å². The Morgan fingerprint density at radius 3 is 1.26 bits per heavy atom. The predicted molar refractivity (Wildman–Crippen MR) is 325 cm³/mol. The van der Waals surface area contributed by atoms with Gasteiger partial charge in [0, 0.05) is 12.8 Å². The highest BCUT2D eigenvalue weighted by Gasteiger charge is 2.27. The fraction of sp³-hybridized carbons (Fsp3) is 0.758. The fourth-order valence-electron chi connectivity index (χ4n) is 8.76. The Morgan fingerprint density at radius 1 is 0.474 bits per heavy atom. The molecule has 3 unspecified atom stereocenters. The van der Waals surface area contributed by atoms with E-state index in [1.54, 1.807) is 0 Å². The molecule has 1 N–H and O–H groups in total. The molecular formula is C66H119N2O7P. The SMILES string of the molecule is CC/C=C\C/C=C\C/C=C\C/C=C\C/C=C\C/C=C\CCCCCCC(=O)NC(COP(=O)([O-])OCC[N+](C)(C)C)C(/C=C\CCCCCCCCCCCC)OC(=O)CCCCCCCCCCCCCCCCC. The first-order valence-electron chi connectivity index (χ1n) is 31.4. The third-order valence-electron chi connectivity index (χ3n) is 13.6. The van der Waals surface area contributed by atoms with Gasteiger partial charge < -0.3 is 28.5 Å². The Balaban J connectivity index is 5.27. The van der Waals surface area contributed by atoms with Crippen molar-refractivity contribution in [1.29, 1.82) is 0 Å². The van der Waals surface area contributed by atoms with E-state index in [1.807, 2.05) is 33.3 Å². The lowest BCUT2D eigenvalue weighted by atomic mass is 10.0. The minimum atomic E-state index is -4.71. The van der Waals surface area contributed by atoms with Gasteiger partial charge in [-0.1, -0.05) is 260 Å². The molecule has 0 saturated heterocycles. The van der Waals surface area contributed by atoms with E-state index < -0.39 is 26.6 Å². The van der Waals surface area contributed by atoms with Crippen molar-refractivity contribution in [3.05, 3.63) is 85.1 Å². The lowest BCUT2D eigenvalue weighted by Gasteiger charge is -2.30. The minimum Gasteiger partial charge on any atom is -0.756 e. The van der Waals surface area contributed by atoms with E-state index in [4.69, 9.17) is 13.8 Å². The normalized spacial score (nSPS) is 14.2. The number of phosphoric acid groups is 1. The van der Waals surface area contributed by atoms with E-state index in [-0.39, 0.29) is 31.3 Å². The van der Waals surface area contributed by atoms with Crippen molar-refractivity contribution in [2.75, 3.05) is 40.9 Å². The summed E-state index contributed by atoms with van der Waals surface area (Å²) in [6.45, 7) is 6.72. The molecule has 0 heterocycles. The standard InChI is InChI=1S/C66H119N2O7P/c1-7-10-13-16-19-22-25-28-30-31-32-33-34-35-36-37-39-40-43-46-49-52-55-58-65(69)67-63(62-74-76(71,72)73-61-60-68(4,5)6)64(57-54-51-48-45-42-27-24-21-18-15-12-9-3)75-66(70)59-56-53-50-47-44-41-38-29-26-23-20-17-14-11-8-2/h10,13,19,22,28,30,32-33,35-36,39-40,54,57,63-64H,7-9,11-12,14-18,20-21,23-27,29,31,34,37-38,41-53,55-56,58-62H2,1-6H3,(H-,67,69,71,72)/b13-10-,22-19-,30-28-,33-32-,36-35-,40-39-,57-54-. The first-order chi connectivity index (χ1) is 36.9. The number of quaternary nitrogens is 1. The van der Waals surface area contributed by atoms with Crippen LogP contribution in [0.15, 0.2) is 85.1 Å². The molecule has 9 nitrogen and oxygen atoms in total. The number of carbonyl (C=O) groups excluding carboxylic acids is 2. The second kappa shape index (κ2) is 55.5. The molecule has 0 aromatic rings. The molecule has 10 heteroatoms. The van der Waals surface area contributed by atoms with Crippen molar-refractivity contribution in [2.24, 2.45) is 0 Å². The van der Waals surface area contributed by atoms with Crippen molar-refractivity contribution >= 4 is 19.7 Å². The molecule has 0 fully saturated rings. The molecule has 0 aromatic carbocycles. The maximum Gasteiger partial charge on any atom is 0.306 e. The lowest BCUT2D eigenvalue weighted by Crippen LogP contribution is -2.47. The maximum absolute atomic E-state index is 13.5. The van der Waals surface area contributed by atoms with Gasteiger partial charge in [0.25, 0.3) is 7.82 Å². The van der Waals surface area contributed by atoms with Crippen LogP contribution in [0.5, 0.6) is 0 Å². The number of hydrogen-bond donors (Lipinski definition) is 1. The van der Waals surface area contributed by atoms with E-state index in [0.29, 0.717) is 17.4 Å². The number of nitrogens with one attached hydrogen (secondary N) is 1. The summed E-state index contributed by atoms with van der Waals surface area (Å²) >= 11 is 0. The molecule has 0 bridgehead atoms. The highest BCUT2D eigenvalue weighted by molar-refractivity contribution is 7.45. The lowest BCUT2D eigenvalue weighted by molar-refractivity contribution is -0.870. The number of likely N-dealkylation sites (N-methyl/N-ethyl adjacent to an activating group) is 1. The first-order valence-corrected chi connectivity index (χ1v) is 32.9. The fourth-order valence-corrected chi connectivity index (χ4v) is 9.48. The van der Waals surface area contributed by atoms with Crippen molar-refractivity contribution in [1.82, 2.24) is 5.32 Å². The van der Waals surface area contributed by atoms with Gasteiger partial charge in [-0.3, -0.25) is 14.2 Å². The average Bonchev–Trinajstić information content (AvgIpc) is 3.38. The zero-order valence-corrected chi connectivity index (χ0v) is 51.1. The van der Waals surface area contributed by atoms with Gasteiger partial charge in [0.2, 0.25) is 5.91 Å². The number of esters is 1. The van der Waals surface area contributed by atoms with Crippen LogP contribution in [0, 0.1) is 0 Å². The van der Waals surface area contributed by atoms with E-state index in [2.05, 4.69) is 99.0 Å². The molecule has 0 aliphatic heterocycles. The van der Waals surface area contributed by atoms with Crippen LogP contribution in [-0.2, 0) is 27.9 Å². The summed E-state index contributed by atoms with van der Waals surface area (Å²) in [4.78, 5) is 40.0. The molecule has 440 valence electrons. The zero-order valence-electron chi connectivity index (χ0n) is 50.2. The van der Waals surface area contributed by atoms with Gasteiger partial charge >= 0.3 is 5.97 Å². The Labute approximate surface area is 469 Å². The highest BCUT2D eigenvalue weighted by Crippen LogP contribution is 2.38. The van der Waals surface area contributed by atoms with E-state index in [1.165, 1.54) is 128 Å². The van der Waals surface area contributed by atoms with Crippen molar-refractivity contribution in [2.45, 2.75) is 283 Å². The highest BCUT2D eigenvalue weighted by atomic mass is 31.2. The van der Waals surface area contributed by atoms with Crippen LogP contribution in [-0.4, -0.2) is 69.4 Å². The van der Waals surface area contributed by atoms with E-state index in [0.717, 1.165) is 103 Å². The van der Waals surface area contributed by atoms with Crippen LogP contribution in [0.2, 0.25) is 0 Å². The second-order valence-corrected chi connectivity index (χ2v) is 23.6. The molecule has 76 heavy (non-hydrogen) atoms. The number of allylic oxidation sites excluding steroid dienone is 13. The van der Waals surface area contributed by atoms with Gasteiger partial charge in [-0.25, -0.2) is 0 Å². The third-order valence-corrected chi connectivity index (χ3v) is 14.6. The predicted octanol–water partition coefficient (Wildman–Crippen LogP) is 18.8. The van der Waals surface area contributed by atoms with Gasteiger partial charge in [-0.2, -0.15) is 0 Å². The van der Waals surface area contributed by atoms with Crippen molar-refractivity contribution < 1.29 is 37.3 Å². The Hall–Kier alpha value is -2.81. The van der Waals surface area contributed by atoms with Gasteiger partial charge in [0.05, 0.1) is 33.8 Å². The Bertz CT molecular complexity index is 1580. The van der Waals surface area contributed by atoms with Crippen LogP contribution < -0.4 is 10.2 Å². The largest absolute Gasteiger partial charge is 0.756 e. The van der Waals surface area contributed by atoms with E-state index in [9.17, 15) is 19.0 Å². The van der Waals surface area contributed by atoms with Gasteiger partial charge in [-0.15, -0.1) is 0 Å². The van der Waals surface area contributed by atoms with E-state index >= 15 is 0 Å². The van der Waals surface area contributed by atoms with Gasteiger partial charge in [0.1, 0.15) is 19.3 Å². The number of hydrogen-bond acceptors (Lipinski definition) is 7. The van der Waals surface area contributed by atoms with Crippen LogP contribution in [0.1, 0.15) is 271 Å².